The fourth-order valence-electron chi connectivity index (χ4n) is 3.46. The summed E-state index contributed by atoms with van der Waals surface area (Å²) in [6.45, 7) is 2.01. The van der Waals surface area contributed by atoms with E-state index in [0.29, 0.717) is 22.9 Å². The number of nitrogens with zero attached hydrogens (tertiary/aromatic N) is 3. The van der Waals surface area contributed by atoms with Crippen LogP contribution in [0, 0.1) is 5.82 Å². The molecular formula is C20H20FN5O. The summed E-state index contributed by atoms with van der Waals surface area (Å²) in [5.74, 6) is -0.446. The van der Waals surface area contributed by atoms with Crippen molar-refractivity contribution >= 4 is 5.82 Å². The number of hydrogen-bond acceptors (Lipinski definition) is 6. The lowest BCUT2D eigenvalue weighted by atomic mass is 9.90. The van der Waals surface area contributed by atoms with E-state index in [1.807, 2.05) is 12.1 Å². The Morgan fingerprint density at radius 2 is 1.85 bits per heavy atom. The van der Waals surface area contributed by atoms with Crippen LogP contribution in [0.5, 0.6) is 5.75 Å². The minimum absolute atomic E-state index is 0.240. The Kier molecular flexibility index (Phi) is 4.68. The molecule has 4 N–H and O–H groups in total. The van der Waals surface area contributed by atoms with Gasteiger partial charge in [-0.1, -0.05) is 6.07 Å². The van der Waals surface area contributed by atoms with Crippen LogP contribution in [0.3, 0.4) is 0 Å². The van der Waals surface area contributed by atoms with Crippen molar-refractivity contribution in [3.8, 4) is 28.3 Å². The fraction of sp³-hybridized carbons (Fsp3) is 0.250. The highest BCUT2D eigenvalue weighted by atomic mass is 19.1. The summed E-state index contributed by atoms with van der Waals surface area (Å²) in [5, 5.41) is 21.4. The Morgan fingerprint density at radius 1 is 1.04 bits per heavy atom. The molecule has 7 heteroatoms. The van der Waals surface area contributed by atoms with Crippen molar-refractivity contribution in [2.75, 3.05) is 18.8 Å². The number of phenolic OH excluding ortho intramolecular Hbond substituents is 1. The van der Waals surface area contributed by atoms with Gasteiger partial charge in [0.25, 0.3) is 0 Å². The van der Waals surface area contributed by atoms with Crippen LogP contribution >= 0.6 is 0 Å². The van der Waals surface area contributed by atoms with E-state index in [0.717, 1.165) is 25.9 Å². The van der Waals surface area contributed by atoms with Gasteiger partial charge in [0.05, 0.1) is 11.4 Å². The second kappa shape index (κ2) is 7.28. The van der Waals surface area contributed by atoms with E-state index in [-0.39, 0.29) is 11.4 Å². The van der Waals surface area contributed by atoms with E-state index in [2.05, 4.69) is 20.5 Å². The number of halogens is 1. The topological polar surface area (TPSA) is 97.0 Å². The molecule has 0 unspecified atom stereocenters. The van der Waals surface area contributed by atoms with Crippen molar-refractivity contribution in [3.63, 3.8) is 0 Å². The van der Waals surface area contributed by atoms with Gasteiger partial charge in [0.15, 0.2) is 17.4 Å². The third kappa shape index (κ3) is 3.46. The number of aromatic hydroxyl groups is 1. The van der Waals surface area contributed by atoms with Crippen molar-refractivity contribution in [2.24, 2.45) is 0 Å². The molecule has 0 bridgehead atoms. The van der Waals surface area contributed by atoms with Gasteiger partial charge in [-0.15, -0.1) is 10.2 Å². The van der Waals surface area contributed by atoms with Crippen LogP contribution in [0.15, 0.2) is 42.6 Å². The second-order valence-corrected chi connectivity index (χ2v) is 6.66. The van der Waals surface area contributed by atoms with Crippen LogP contribution in [0.1, 0.15) is 24.3 Å². The van der Waals surface area contributed by atoms with Gasteiger partial charge in [-0.25, -0.2) is 4.39 Å². The van der Waals surface area contributed by atoms with Crippen molar-refractivity contribution in [1.29, 1.82) is 0 Å². The minimum atomic E-state index is -0.710. The Hall–Kier alpha value is -3.06. The van der Waals surface area contributed by atoms with E-state index < -0.39 is 11.6 Å². The molecule has 3 heterocycles. The number of nitrogen functional groups attached to an aromatic ring is 1. The van der Waals surface area contributed by atoms with Crippen molar-refractivity contribution < 1.29 is 9.50 Å². The summed E-state index contributed by atoms with van der Waals surface area (Å²) in [4.78, 5) is 4.44. The second-order valence-electron chi connectivity index (χ2n) is 6.66. The zero-order chi connectivity index (χ0) is 18.8. The van der Waals surface area contributed by atoms with Gasteiger partial charge in [0.1, 0.15) is 0 Å². The summed E-state index contributed by atoms with van der Waals surface area (Å²) in [5.41, 5.74) is 9.15. The normalized spacial score (nSPS) is 15.0. The zero-order valence-corrected chi connectivity index (χ0v) is 14.7. The molecule has 138 valence electrons. The molecule has 0 saturated carbocycles. The molecule has 0 aliphatic carbocycles. The van der Waals surface area contributed by atoms with Crippen molar-refractivity contribution in [3.05, 3.63) is 54.0 Å². The molecule has 2 aromatic heterocycles. The molecule has 27 heavy (non-hydrogen) atoms. The quantitative estimate of drug-likeness (QED) is 0.660. The van der Waals surface area contributed by atoms with E-state index in [4.69, 9.17) is 5.73 Å². The maximum Gasteiger partial charge on any atom is 0.165 e. The first-order valence-electron chi connectivity index (χ1n) is 8.91. The Bertz CT molecular complexity index is 972. The number of piperidine rings is 1. The number of para-hydroxylation sites is 1. The predicted molar refractivity (Wildman–Crippen MR) is 102 cm³/mol. The molecule has 0 atom stereocenters. The molecule has 4 rings (SSSR count). The Labute approximate surface area is 156 Å². The van der Waals surface area contributed by atoms with Gasteiger partial charge < -0.3 is 16.2 Å². The number of hydrogen-bond donors (Lipinski definition) is 3. The highest BCUT2D eigenvalue weighted by molar-refractivity contribution is 5.77. The Balaban J connectivity index is 1.75. The molecule has 6 nitrogen and oxygen atoms in total. The largest absolute Gasteiger partial charge is 0.504 e. The van der Waals surface area contributed by atoms with Gasteiger partial charge >= 0.3 is 0 Å². The van der Waals surface area contributed by atoms with E-state index in [1.54, 1.807) is 18.3 Å². The number of rotatable bonds is 3. The summed E-state index contributed by atoms with van der Waals surface area (Å²) in [6, 6.07) is 10.0. The standard InChI is InChI=1S/C20H20FN5O/c21-16-3-1-2-14(19(16)27)18-11-15(20(22)26-25-18)17-10-13(6-9-24-17)12-4-7-23-8-5-12/h1-3,6,9-12,23,27H,4-5,7-8H2,(H2,22,26). The molecule has 3 aromatic rings. The Morgan fingerprint density at radius 3 is 2.67 bits per heavy atom. The first kappa shape index (κ1) is 17.4. The lowest BCUT2D eigenvalue weighted by molar-refractivity contribution is 0.434. The highest BCUT2D eigenvalue weighted by Gasteiger charge is 2.18. The van der Waals surface area contributed by atoms with Crippen LogP contribution in [0.4, 0.5) is 10.2 Å². The average molecular weight is 365 g/mol. The first-order chi connectivity index (χ1) is 13.1. The number of nitrogens with one attached hydrogen (secondary N) is 1. The summed E-state index contributed by atoms with van der Waals surface area (Å²) in [6.07, 6.45) is 3.93. The maximum absolute atomic E-state index is 13.7. The van der Waals surface area contributed by atoms with Gasteiger partial charge in [-0.3, -0.25) is 4.98 Å². The van der Waals surface area contributed by atoms with Crippen LogP contribution in [-0.2, 0) is 0 Å². The van der Waals surface area contributed by atoms with E-state index >= 15 is 0 Å². The number of nitrogens with two attached hydrogens (primary N) is 1. The number of pyridine rings is 1. The van der Waals surface area contributed by atoms with Crippen LogP contribution < -0.4 is 11.1 Å². The van der Waals surface area contributed by atoms with Gasteiger partial charge in [0.2, 0.25) is 0 Å². The molecule has 1 aliphatic rings. The molecule has 1 fully saturated rings. The molecule has 0 amide bonds. The van der Waals surface area contributed by atoms with Gasteiger partial charge in [-0.2, -0.15) is 0 Å². The van der Waals surface area contributed by atoms with Gasteiger partial charge in [0, 0.05) is 17.3 Å². The number of phenols is 1. The first-order valence-corrected chi connectivity index (χ1v) is 8.91. The van der Waals surface area contributed by atoms with E-state index in [1.165, 1.54) is 17.7 Å². The third-order valence-corrected chi connectivity index (χ3v) is 4.96. The smallest absolute Gasteiger partial charge is 0.165 e. The summed E-state index contributed by atoms with van der Waals surface area (Å²) >= 11 is 0. The van der Waals surface area contributed by atoms with Crippen LogP contribution in [0.2, 0.25) is 0 Å². The molecular weight excluding hydrogens is 345 g/mol. The third-order valence-electron chi connectivity index (χ3n) is 4.96. The molecule has 1 aliphatic heterocycles. The van der Waals surface area contributed by atoms with Crippen molar-refractivity contribution in [1.82, 2.24) is 20.5 Å². The van der Waals surface area contributed by atoms with Crippen molar-refractivity contribution in [2.45, 2.75) is 18.8 Å². The maximum atomic E-state index is 13.7. The monoisotopic (exact) mass is 365 g/mol. The van der Waals surface area contributed by atoms with Gasteiger partial charge in [-0.05, 0) is 67.7 Å². The summed E-state index contributed by atoms with van der Waals surface area (Å²) < 4.78 is 13.7. The zero-order valence-electron chi connectivity index (χ0n) is 14.7. The predicted octanol–water partition coefficient (Wildman–Crippen LogP) is 3.10. The van der Waals surface area contributed by atoms with Crippen LogP contribution in [-0.4, -0.2) is 33.4 Å². The molecule has 0 radical (unpaired) electrons. The minimum Gasteiger partial charge on any atom is -0.504 e. The molecule has 1 saturated heterocycles. The lowest BCUT2D eigenvalue weighted by Crippen LogP contribution is -2.26. The summed E-state index contributed by atoms with van der Waals surface area (Å²) in [7, 11) is 0. The molecule has 1 aromatic carbocycles. The number of benzene rings is 1. The number of anilines is 1. The average Bonchev–Trinajstić information content (AvgIpc) is 2.71. The lowest BCUT2D eigenvalue weighted by Gasteiger charge is -2.23. The fourth-order valence-corrected chi connectivity index (χ4v) is 3.46. The SMILES string of the molecule is Nc1nnc(-c2cccc(F)c2O)cc1-c1cc(C2CCNCC2)ccn1. The van der Waals surface area contributed by atoms with E-state index in [9.17, 15) is 9.50 Å². The highest BCUT2D eigenvalue weighted by Crippen LogP contribution is 2.34. The number of aromatic nitrogens is 3. The van der Waals surface area contributed by atoms with Crippen LogP contribution in [0.25, 0.3) is 22.5 Å². The molecule has 0 spiro atoms.